The van der Waals surface area contributed by atoms with Crippen LogP contribution >= 0.6 is 0 Å². The number of benzene rings is 2. The summed E-state index contributed by atoms with van der Waals surface area (Å²) >= 11 is 0. The summed E-state index contributed by atoms with van der Waals surface area (Å²) in [6.07, 6.45) is 4.44. The molecule has 12 nitrogen and oxygen atoms in total. The second-order valence-corrected chi connectivity index (χ2v) is 10.7. The fourth-order valence-electron chi connectivity index (χ4n) is 4.21. The number of hydrogen-bond acceptors (Lipinski definition) is 9. The number of alkyl carbamates (subject to hydrolysis) is 1. The maximum atomic E-state index is 14.5. The Morgan fingerprint density at radius 1 is 1.07 bits per heavy atom. The van der Waals surface area contributed by atoms with Crippen LogP contribution in [-0.4, -0.2) is 64.9 Å². The van der Waals surface area contributed by atoms with E-state index in [4.69, 9.17) is 19.5 Å². The summed E-state index contributed by atoms with van der Waals surface area (Å²) in [5.74, 6) is -0.347. The number of carbonyl (C=O) groups is 2. The van der Waals surface area contributed by atoms with E-state index in [0.29, 0.717) is 47.1 Å². The van der Waals surface area contributed by atoms with Gasteiger partial charge in [-0.25, -0.2) is 19.2 Å². The van der Waals surface area contributed by atoms with Crippen LogP contribution in [0.15, 0.2) is 55.0 Å². The zero-order valence-electron chi connectivity index (χ0n) is 24.9. The number of nitrogens with one attached hydrogen (secondary N) is 3. The number of ether oxygens (including phenoxy) is 3. The quantitative estimate of drug-likeness (QED) is 0.195. The number of imidazole rings is 1. The number of aryl methyl sites for hydroxylation is 1. The van der Waals surface area contributed by atoms with Gasteiger partial charge in [-0.1, -0.05) is 0 Å². The smallest absolute Gasteiger partial charge is 0.407 e. The molecule has 0 fully saturated rings. The van der Waals surface area contributed by atoms with Gasteiger partial charge in [-0.05, 0) is 69.7 Å². The van der Waals surface area contributed by atoms with Gasteiger partial charge in [0.15, 0.2) is 29.6 Å². The standard InChI is InChI=1S/C31H34FN7O5/c1-20-17-22(6-7-23(20)29(40)35-11-15-42-16-12-36-30(41)44-31(2,3)4)38-27-28-37-19-25(39(28)13-10-34-27)21-5-8-26(24(32)18-21)43-14-9-33/h5-8,10,13,17-19H,11-12,14-16H2,1-4H3,(H,34,38)(H,35,40)(H,36,41). The summed E-state index contributed by atoms with van der Waals surface area (Å²) in [5.41, 5.74) is 3.14. The molecule has 230 valence electrons. The van der Waals surface area contributed by atoms with Crippen LogP contribution in [0.2, 0.25) is 0 Å². The first-order valence-electron chi connectivity index (χ1n) is 13.9. The van der Waals surface area contributed by atoms with E-state index < -0.39 is 17.5 Å². The van der Waals surface area contributed by atoms with Crippen LogP contribution in [-0.2, 0) is 9.47 Å². The maximum absolute atomic E-state index is 14.5. The van der Waals surface area contributed by atoms with Gasteiger partial charge < -0.3 is 30.2 Å². The Labute approximate surface area is 254 Å². The molecule has 0 bridgehead atoms. The lowest BCUT2D eigenvalue weighted by molar-refractivity contribution is 0.0500. The number of fused-ring (bicyclic) bond motifs is 1. The summed E-state index contributed by atoms with van der Waals surface area (Å²) < 4.78 is 32.0. The third-order valence-electron chi connectivity index (χ3n) is 6.13. The number of rotatable bonds is 12. The second-order valence-electron chi connectivity index (χ2n) is 10.7. The zero-order valence-corrected chi connectivity index (χ0v) is 24.9. The molecule has 0 unspecified atom stereocenters. The van der Waals surface area contributed by atoms with Crippen LogP contribution in [0, 0.1) is 24.1 Å². The van der Waals surface area contributed by atoms with Gasteiger partial charge in [0.25, 0.3) is 5.91 Å². The van der Waals surface area contributed by atoms with E-state index in [2.05, 4.69) is 25.9 Å². The van der Waals surface area contributed by atoms with Gasteiger partial charge in [0.05, 0.1) is 25.1 Å². The van der Waals surface area contributed by atoms with Crippen LogP contribution in [0.25, 0.3) is 16.9 Å². The minimum atomic E-state index is -0.583. The van der Waals surface area contributed by atoms with Crippen molar-refractivity contribution in [3.05, 3.63) is 71.9 Å². The van der Waals surface area contributed by atoms with Crippen molar-refractivity contribution in [1.29, 1.82) is 5.26 Å². The molecule has 2 aromatic carbocycles. The van der Waals surface area contributed by atoms with E-state index in [0.717, 1.165) is 5.56 Å². The van der Waals surface area contributed by atoms with E-state index >= 15 is 0 Å². The Morgan fingerprint density at radius 3 is 2.55 bits per heavy atom. The van der Waals surface area contributed by atoms with Crippen molar-refractivity contribution in [2.75, 3.05) is 38.2 Å². The molecule has 2 aromatic heterocycles. The van der Waals surface area contributed by atoms with Crippen LogP contribution in [0.3, 0.4) is 0 Å². The van der Waals surface area contributed by atoms with Gasteiger partial charge in [-0.15, -0.1) is 0 Å². The summed E-state index contributed by atoms with van der Waals surface area (Å²) in [6.45, 7) is 8.12. The number of hydrogen-bond donors (Lipinski definition) is 3. The van der Waals surface area contributed by atoms with E-state index in [1.54, 1.807) is 62.0 Å². The van der Waals surface area contributed by atoms with Crippen molar-refractivity contribution in [3.63, 3.8) is 0 Å². The van der Waals surface area contributed by atoms with Gasteiger partial charge in [0.1, 0.15) is 11.7 Å². The fourth-order valence-corrected chi connectivity index (χ4v) is 4.21. The average molecular weight is 604 g/mol. The third-order valence-corrected chi connectivity index (χ3v) is 6.13. The molecular formula is C31H34FN7O5. The molecule has 2 amide bonds. The molecule has 0 aliphatic heterocycles. The molecule has 0 saturated heterocycles. The Hall–Kier alpha value is -5.22. The van der Waals surface area contributed by atoms with Gasteiger partial charge in [0, 0.05) is 42.3 Å². The van der Waals surface area contributed by atoms with E-state index in [-0.39, 0.29) is 31.5 Å². The summed E-state index contributed by atoms with van der Waals surface area (Å²) in [7, 11) is 0. The minimum Gasteiger partial charge on any atom is -0.476 e. The first-order chi connectivity index (χ1) is 21.1. The average Bonchev–Trinajstić information content (AvgIpc) is 3.40. The molecule has 0 atom stereocenters. The lowest BCUT2D eigenvalue weighted by Gasteiger charge is -2.19. The highest BCUT2D eigenvalue weighted by atomic mass is 19.1. The maximum Gasteiger partial charge on any atom is 0.407 e. The number of amides is 2. The number of carbonyl (C=O) groups excluding carboxylic acids is 2. The van der Waals surface area contributed by atoms with Crippen LogP contribution in [0.1, 0.15) is 36.7 Å². The monoisotopic (exact) mass is 603 g/mol. The number of nitrogens with zero attached hydrogens (tertiary/aromatic N) is 4. The second kappa shape index (κ2) is 14.3. The molecule has 4 rings (SSSR count). The molecule has 4 aromatic rings. The minimum absolute atomic E-state index is 0.00124. The fraction of sp³-hybridized carbons (Fsp3) is 0.323. The Bertz CT molecular complexity index is 1680. The molecule has 0 aliphatic rings. The summed E-state index contributed by atoms with van der Waals surface area (Å²) in [6, 6.07) is 11.6. The first kappa shape index (κ1) is 31.7. The van der Waals surface area contributed by atoms with Crippen molar-refractivity contribution in [2.45, 2.75) is 33.3 Å². The number of aromatic nitrogens is 3. The lowest BCUT2D eigenvalue weighted by atomic mass is 10.1. The molecular weight excluding hydrogens is 569 g/mol. The molecule has 13 heteroatoms. The molecule has 0 aliphatic carbocycles. The normalized spacial score (nSPS) is 11.1. The van der Waals surface area contributed by atoms with Gasteiger partial charge in [-0.2, -0.15) is 5.26 Å². The Morgan fingerprint density at radius 2 is 1.84 bits per heavy atom. The number of anilines is 2. The van der Waals surface area contributed by atoms with Gasteiger partial charge >= 0.3 is 6.09 Å². The zero-order chi connectivity index (χ0) is 31.7. The van der Waals surface area contributed by atoms with E-state index in [9.17, 15) is 14.0 Å². The highest BCUT2D eigenvalue weighted by molar-refractivity contribution is 5.96. The molecule has 0 saturated carbocycles. The molecule has 2 heterocycles. The highest BCUT2D eigenvalue weighted by Crippen LogP contribution is 2.29. The van der Waals surface area contributed by atoms with Crippen molar-refractivity contribution >= 4 is 29.2 Å². The highest BCUT2D eigenvalue weighted by Gasteiger charge is 2.16. The topological polar surface area (TPSA) is 152 Å². The largest absolute Gasteiger partial charge is 0.476 e. The van der Waals surface area contributed by atoms with Gasteiger partial charge in [0.2, 0.25) is 0 Å². The van der Waals surface area contributed by atoms with Crippen molar-refractivity contribution in [1.82, 2.24) is 25.0 Å². The van der Waals surface area contributed by atoms with Crippen molar-refractivity contribution < 1.29 is 28.2 Å². The number of nitriles is 1. The van der Waals surface area contributed by atoms with Crippen LogP contribution in [0.5, 0.6) is 5.75 Å². The van der Waals surface area contributed by atoms with Crippen molar-refractivity contribution in [2.24, 2.45) is 0 Å². The third kappa shape index (κ3) is 8.42. The SMILES string of the molecule is Cc1cc(Nc2nccn3c(-c4ccc(OCC#N)c(F)c4)cnc23)ccc1C(=O)NCCOCCNC(=O)OC(C)(C)C. The Kier molecular flexibility index (Phi) is 10.3. The molecule has 0 radical (unpaired) electrons. The number of halogens is 1. The summed E-state index contributed by atoms with van der Waals surface area (Å²) in [4.78, 5) is 33.2. The molecule has 0 spiro atoms. The first-order valence-corrected chi connectivity index (χ1v) is 13.9. The van der Waals surface area contributed by atoms with E-state index in [1.165, 1.54) is 12.1 Å². The predicted molar refractivity (Wildman–Crippen MR) is 161 cm³/mol. The Balaban J connectivity index is 1.32. The van der Waals surface area contributed by atoms with Crippen molar-refractivity contribution in [3.8, 4) is 23.1 Å². The van der Waals surface area contributed by atoms with Crippen LogP contribution in [0.4, 0.5) is 20.7 Å². The molecule has 44 heavy (non-hydrogen) atoms. The van der Waals surface area contributed by atoms with E-state index in [1.807, 2.05) is 19.1 Å². The summed E-state index contributed by atoms with van der Waals surface area (Å²) in [5, 5.41) is 17.3. The predicted octanol–water partition coefficient (Wildman–Crippen LogP) is 4.76. The van der Waals surface area contributed by atoms with Crippen LogP contribution < -0.4 is 20.7 Å². The molecule has 3 N–H and O–H groups in total. The van der Waals surface area contributed by atoms with Gasteiger partial charge in [-0.3, -0.25) is 9.20 Å². The lowest BCUT2D eigenvalue weighted by Crippen LogP contribution is -2.34.